The number of thioether (sulfide) groups is 1. The Kier molecular flexibility index (Phi) is 5.08. The van der Waals surface area contributed by atoms with Gasteiger partial charge in [-0.3, -0.25) is 4.79 Å². The summed E-state index contributed by atoms with van der Waals surface area (Å²) in [5.41, 5.74) is 7.16. The molecule has 98 valence electrons. The molecule has 4 heteroatoms. The molecule has 0 aromatic heterocycles. The monoisotopic (exact) mass is 264 g/mol. The van der Waals surface area contributed by atoms with Crippen LogP contribution in [0.3, 0.4) is 0 Å². The van der Waals surface area contributed by atoms with Crippen LogP contribution in [0.5, 0.6) is 0 Å². The van der Waals surface area contributed by atoms with Crippen molar-refractivity contribution in [1.82, 2.24) is 4.90 Å². The number of amides is 1. The molecule has 2 N–H and O–H groups in total. The van der Waals surface area contributed by atoms with Crippen LogP contribution >= 0.6 is 11.8 Å². The van der Waals surface area contributed by atoms with Gasteiger partial charge in [0.1, 0.15) is 0 Å². The average Bonchev–Trinajstić information content (AvgIpc) is 2.68. The van der Waals surface area contributed by atoms with Gasteiger partial charge in [0.05, 0.1) is 6.04 Å². The minimum atomic E-state index is -0.407. The van der Waals surface area contributed by atoms with Gasteiger partial charge in [-0.1, -0.05) is 30.3 Å². The van der Waals surface area contributed by atoms with Crippen LogP contribution in [0.4, 0.5) is 0 Å². The van der Waals surface area contributed by atoms with Crippen LogP contribution in [0.2, 0.25) is 0 Å². The molecule has 18 heavy (non-hydrogen) atoms. The van der Waals surface area contributed by atoms with Crippen molar-refractivity contribution in [3.8, 4) is 0 Å². The third-order valence-electron chi connectivity index (χ3n) is 3.15. The van der Waals surface area contributed by atoms with Gasteiger partial charge in [0.2, 0.25) is 5.91 Å². The van der Waals surface area contributed by atoms with Crippen LogP contribution in [0.1, 0.15) is 12.0 Å². The number of hydrogen-bond donors (Lipinski definition) is 1. The molecule has 1 heterocycles. The highest BCUT2D eigenvalue weighted by atomic mass is 32.2. The third-order valence-corrected chi connectivity index (χ3v) is 4.20. The Morgan fingerprint density at radius 3 is 2.83 bits per heavy atom. The second-order valence-electron chi connectivity index (χ2n) is 4.59. The minimum absolute atomic E-state index is 0.0985. The van der Waals surface area contributed by atoms with E-state index in [1.807, 2.05) is 47.0 Å². The SMILES string of the molecule is N[C@H](Cc1ccccc1)C(=O)N1CCCSCC1. The molecule has 2 rings (SSSR count). The maximum atomic E-state index is 12.2. The molecule has 0 spiro atoms. The maximum absolute atomic E-state index is 12.2. The molecule has 3 nitrogen and oxygen atoms in total. The van der Waals surface area contributed by atoms with Crippen LogP contribution in [0.15, 0.2) is 30.3 Å². The van der Waals surface area contributed by atoms with E-state index < -0.39 is 6.04 Å². The summed E-state index contributed by atoms with van der Waals surface area (Å²) in [6.07, 6.45) is 1.71. The Labute approximate surface area is 113 Å². The summed E-state index contributed by atoms with van der Waals surface area (Å²) in [6, 6.07) is 9.57. The zero-order valence-electron chi connectivity index (χ0n) is 10.5. The maximum Gasteiger partial charge on any atom is 0.239 e. The Bertz CT molecular complexity index is 375. The van der Waals surface area contributed by atoms with Gasteiger partial charge >= 0.3 is 0 Å². The first kappa shape index (κ1) is 13.4. The first-order chi connectivity index (χ1) is 8.77. The number of nitrogens with zero attached hydrogens (tertiary/aromatic N) is 1. The van der Waals surface area contributed by atoms with Gasteiger partial charge in [0.15, 0.2) is 0 Å². The van der Waals surface area contributed by atoms with Crippen molar-refractivity contribution >= 4 is 17.7 Å². The van der Waals surface area contributed by atoms with E-state index in [1.54, 1.807) is 0 Å². The Morgan fingerprint density at radius 1 is 1.28 bits per heavy atom. The Hall–Kier alpha value is -1.00. The van der Waals surface area contributed by atoms with Gasteiger partial charge in [-0.2, -0.15) is 11.8 Å². The second kappa shape index (κ2) is 6.81. The highest BCUT2D eigenvalue weighted by molar-refractivity contribution is 7.99. The van der Waals surface area contributed by atoms with Gasteiger partial charge in [-0.15, -0.1) is 0 Å². The fraction of sp³-hybridized carbons (Fsp3) is 0.500. The summed E-state index contributed by atoms with van der Waals surface area (Å²) < 4.78 is 0. The van der Waals surface area contributed by atoms with E-state index >= 15 is 0 Å². The minimum Gasteiger partial charge on any atom is -0.340 e. The fourth-order valence-corrected chi connectivity index (χ4v) is 3.04. The van der Waals surface area contributed by atoms with Crippen LogP contribution < -0.4 is 5.73 Å². The predicted octanol–water partition coefficient (Wildman–Crippen LogP) is 1.52. The van der Waals surface area contributed by atoms with Crippen LogP contribution in [-0.4, -0.2) is 41.4 Å². The molecule has 0 unspecified atom stereocenters. The molecule has 1 atom stereocenters. The van der Waals surface area contributed by atoms with E-state index in [4.69, 9.17) is 5.73 Å². The number of carbonyl (C=O) groups is 1. The summed E-state index contributed by atoms with van der Waals surface area (Å²) in [7, 11) is 0. The predicted molar refractivity (Wildman–Crippen MR) is 76.6 cm³/mol. The van der Waals surface area contributed by atoms with E-state index in [1.165, 1.54) is 0 Å². The summed E-state index contributed by atoms with van der Waals surface area (Å²) in [5, 5.41) is 0. The van der Waals surface area contributed by atoms with Gasteiger partial charge < -0.3 is 10.6 Å². The lowest BCUT2D eigenvalue weighted by molar-refractivity contribution is -0.132. The summed E-state index contributed by atoms with van der Waals surface area (Å²) >= 11 is 1.92. The van der Waals surface area contributed by atoms with Crippen molar-refractivity contribution in [2.75, 3.05) is 24.6 Å². The second-order valence-corrected chi connectivity index (χ2v) is 5.81. The summed E-state index contributed by atoms with van der Waals surface area (Å²) in [4.78, 5) is 14.2. The Morgan fingerprint density at radius 2 is 2.06 bits per heavy atom. The van der Waals surface area contributed by atoms with Crippen molar-refractivity contribution in [2.24, 2.45) is 5.73 Å². The number of rotatable bonds is 3. The number of nitrogens with two attached hydrogens (primary N) is 1. The molecule has 0 radical (unpaired) electrons. The zero-order chi connectivity index (χ0) is 12.8. The summed E-state index contributed by atoms with van der Waals surface area (Å²) in [6.45, 7) is 1.69. The highest BCUT2D eigenvalue weighted by Crippen LogP contribution is 2.12. The number of carbonyl (C=O) groups excluding carboxylic acids is 1. The van der Waals surface area contributed by atoms with Gasteiger partial charge in [-0.05, 0) is 24.2 Å². The van der Waals surface area contributed by atoms with E-state index in [-0.39, 0.29) is 5.91 Å². The molecule has 1 aliphatic heterocycles. The standard InChI is InChI=1S/C14H20N2OS/c15-13(11-12-5-2-1-3-6-12)14(17)16-7-4-9-18-10-8-16/h1-3,5-6,13H,4,7-11,15H2/t13-/m1/s1. The van der Waals surface area contributed by atoms with E-state index in [9.17, 15) is 4.79 Å². The van der Waals surface area contributed by atoms with Gasteiger partial charge in [0.25, 0.3) is 0 Å². The van der Waals surface area contributed by atoms with Crippen LogP contribution in [-0.2, 0) is 11.2 Å². The van der Waals surface area contributed by atoms with Crippen molar-refractivity contribution in [3.05, 3.63) is 35.9 Å². The number of hydrogen-bond acceptors (Lipinski definition) is 3. The highest BCUT2D eigenvalue weighted by Gasteiger charge is 2.21. The summed E-state index contributed by atoms with van der Waals surface area (Å²) in [5.74, 6) is 2.28. The third kappa shape index (κ3) is 3.75. The van der Waals surface area contributed by atoms with Gasteiger partial charge in [-0.25, -0.2) is 0 Å². The smallest absolute Gasteiger partial charge is 0.239 e. The molecule has 1 aromatic rings. The van der Waals surface area contributed by atoms with Gasteiger partial charge in [0, 0.05) is 18.8 Å². The lowest BCUT2D eigenvalue weighted by Gasteiger charge is -2.23. The van der Waals surface area contributed by atoms with E-state index in [0.29, 0.717) is 6.42 Å². The topological polar surface area (TPSA) is 46.3 Å². The van der Waals surface area contributed by atoms with Crippen molar-refractivity contribution in [1.29, 1.82) is 0 Å². The molecule has 0 saturated carbocycles. The molecule has 1 fully saturated rings. The molecule has 0 bridgehead atoms. The van der Waals surface area contributed by atoms with Crippen LogP contribution in [0.25, 0.3) is 0 Å². The molecular weight excluding hydrogens is 244 g/mol. The normalized spacial score (nSPS) is 18.2. The molecule has 1 amide bonds. The largest absolute Gasteiger partial charge is 0.340 e. The zero-order valence-corrected chi connectivity index (χ0v) is 11.4. The molecule has 1 saturated heterocycles. The van der Waals surface area contributed by atoms with Crippen molar-refractivity contribution in [2.45, 2.75) is 18.9 Å². The van der Waals surface area contributed by atoms with E-state index in [0.717, 1.165) is 36.6 Å². The molecule has 1 aromatic carbocycles. The molecule has 1 aliphatic rings. The molecule has 0 aliphatic carbocycles. The van der Waals surface area contributed by atoms with Crippen LogP contribution in [0, 0.1) is 0 Å². The van der Waals surface area contributed by atoms with E-state index in [2.05, 4.69) is 0 Å². The Balaban J connectivity index is 1.91. The molecular formula is C14H20N2OS. The first-order valence-electron chi connectivity index (χ1n) is 6.43. The van der Waals surface area contributed by atoms with Crippen molar-refractivity contribution in [3.63, 3.8) is 0 Å². The number of benzene rings is 1. The van der Waals surface area contributed by atoms with Crippen molar-refractivity contribution < 1.29 is 4.79 Å². The lowest BCUT2D eigenvalue weighted by atomic mass is 10.1. The lowest BCUT2D eigenvalue weighted by Crippen LogP contribution is -2.45. The first-order valence-corrected chi connectivity index (χ1v) is 7.59. The fourth-order valence-electron chi connectivity index (χ4n) is 2.16. The average molecular weight is 264 g/mol. The quantitative estimate of drug-likeness (QED) is 0.900.